The minimum Gasteiger partial charge on any atom is -0.462 e. The van der Waals surface area contributed by atoms with Crippen LogP contribution in [0.25, 0.3) is 0 Å². The Morgan fingerprint density at radius 2 is 1.29 bits per heavy atom. The van der Waals surface area contributed by atoms with Crippen molar-refractivity contribution in [2.75, 3.05) is 19.4 Å². The van der Waals surface area contributed by atoms with Gasteiger partial charge in [0.25, 0.3) is 0 Å². The molecule has 0 fully saturated rings. The molecule has 0 saturated heterocycles. The highest BCUT2D eigenvalue weighted by Gasteiger charge is 2.19. The molecule has 0 aromatic heterocycles. The van der Waals surface area contributed by atoms with E-state index in [0.29, 0.717) is 31.7 Å². The number of hydrogen-bond donors (Lipinski definition) is 2. The van der Waals surface area contributed by atoms with E-state index in [0.717, 1.165) is 32.1 Å². The Labute approximate surface area is 212 Å². The second-order valence-electron chi connectivity index (χ2n) is 10.3. The number of carbonyl (C=O) groups is 1. The van der Waals surface area contributed by atoms with Crippen molar-refractivity contribution in [2.24, 2.45) is 11.8 Å². The van der Waals surface area contributed by atoms with Crippen LogP contribution in [-0.4, -0.2) is 41.2 Å². The van der Waals surface area contributed by atoms with Crippen molar-refractivity contribution in [2.45, 2.75) is 143 Å². The van der Waals surface area contributed by atoms with E-state index in [1.165, 1.54) is 70.6 Å². The third kappa shape index (κ3) is 22.3. The maximum atomic E-state index is 12.4. The van der Waals surface area contributed by atoms with Crippen molar-refractivity contribution in [3.63, 3.8) is 0 Å². The zero-order valence-corrected chi connectivity index (χ0v) is 23.8. The molecule has 6 heteroatoms. The van der Waals surface area contributed by atoms with Crippen LogP contribution >= 0.6 is 8.38 Å². The first kappa shape index (κ1) is 33.8. The van der Waals surface area contributed by atoms with Crippen LogP contribution in [0.1, 0.15) is 137 Å². The Kier molecular flexibility index (Phi) is 24.3. The molecule has 0 bridgehead atoms. The molecule has 2 N–H and O–H groups in total. The molecule has 0 aliphatic rings. The van der Waals surface area contributed by atoms with E-state index in [1.54, 1.807) is 0 Å². The van der Waals surface area contributed by atoms with Crippen LogP contribution in [0.15, 0.2) is 0 Å². The maximum Gasteiger partial charge on any atom is 0.306 e. The summed E-state index contributed by atoms with van der Waals surface area (Å²) in [6, 6.07) is 0. The van der Waals surface area contributed by atoms with Crippen LogP contribution in [0.2, 0.25) is 0 Å². The SMILES string of the molecule is CCCCCCCCCCCC(=O)OC(CCCCCCC)CCOCC(CP(O)O)C(C)C. The van der Waals surface area contributed by atoms with Gasteiger partial charge in [-0.25, -0.2) is 0 Å². The smallest absolute Gasteiger partial charge is 0.306 e. The van der Waals surface area contributed by atoms with Gasteiger partial charge >= 0.3 is 5.97 Å². The number of rotatable bonds is 25. The van der Waals surface area contributed by atoms with Gasteiger partial charge in [-0.05, 0) is 31.1 Å². The van der Waals surface area contributed by atoms with Crippen LogP contribution in [0, 0.1) is 11.8 Å². The molecule has 0 aliphatic heterocycles. The molecule has 204 valence electrons. The predicted octanol–water partition coefficient (Wildman–Crippen LogP) is 8.16. The number of ether oxygens (including phenoxy) is 2. The van der Waals surface area contributed by atoms with Crippen molar-refractivity contribution in [3.8, 4) is 0 Å². The fourth-order valence-corrected chi connectivity index (χ4v) is 5.12. The molecule has 34 heavy (non-hydrogen) atoms. The summed E-state index contributed by atoms with van der Waals surface area (Å²) in [5.41, 5.74) is 0. The minimum atomic E-state index is -1.89. The van der Waals surface area contributed by atoms with Gasteiger partial charge in [-0.3, -0.25) is 4.79 Å². The molecule has 0 aromatic rings. The molecular formula is C28H57O5P. The van der Waals surface area contributed by atoms with Crippen molar-refractivity contribution in [1.29, 1.82) is 0 Å². The summed E-state index contributed by atoms with van der Waals surface area (Å²) >= 11 is 0. The Balaban J connectivity index is 4.22. The van der Waals surface area contributed by atoms with Gasteiger partial charge in [-0.2, -0.15) is 0 Å². The van der Waals surface area contributed by atoms with Crippen LogP contribution in [0.4, 0.5) is 0 Å². The average Bonchev–Trinajstić information content (AvgIpc) is 2.79. The first-order chi connectivity index (χ1) is 16.4. The van der Waals surface area contributed by atoms with Gasteiger partial charge in [0.1, 0.15) is 6.10 Å². The predicted molar refractivity (Wildman–Crippen MR) is 145 cm³/mol. The van der Waals surface area contributed by atoms with Crippen LogP contribution in [0.5, 0.6) is 0 Å². The van der Waals surface area contributed by atoms with Gasteiger partial charge in [-0.1, -0.05) is 105 Å². The summed E-state index contributed by atoms with van der Waals surface area (Å²) in [5.74, 6) is 0.420. The fraction of sp³-hybridized carbons (Fsp3) is 0.964. The van der Waals surface area contributed by atoms with Crippen molar-refractivity contribution in [3.05, 3.63) is 0 Å². The molecule has 0 aliphatic carbocycles. The van der Waals surface area contributed by atoms with Crippen LogP contribution in [0.3, 0.4) is 0 Å². The summed E-state index contributed by atoms with van der Waals surface area (Å²) in [6.45, 7) is 9.70. The average molecular weight is 505 g/mol. The largest absolute Gasteiger partial charge is 0.462 e. The topological polar surface area (TPSA) is 76.0 Å². The third-order valence-corrected chi connectivity index (χ3v) is 7.46. The third-order valence-electron chi connectivity index (χ3n) is 6.67. The Morgan fingerprint density at radius 3 is 1.82 bits per heavy atom. The van der Waals surface area contributed by atoms with E-state index in [-0.39, 0.29) is 18.0 Å². The highest BCUT2D eigenvalue weighted by atomic mass is 31.2. The van der Waals surface area contributed by atoms with E-state index >= 15 is 0 Å². The van der Waals surface area contributed by atoms with Gasteiger partial charge in [0.2, 0.25) is 0 Å². The van der Waals surface area contributed by atoms with E-state index in [1.807, 2.05) is 0 Å². The quantitative estimate of drug-likeness (QED) is 0.0745. The van der Waals surface area contributed by atoms with Gasteiger partial charge in [0.05, 0.1) is 13.2 Å². The lowest BCUT2D eigenvalue weighted by atomic mass is 9.99. The lowest BCUT2D eigenvalue weighted by Gasteiger charge is -2.22. The minimum absolute atomic E-state index is 0.0623. The summed E-state index contributed by atoms with van der Waals surface area (Å²) in [6.07, 6.45) is 19.7. The van der Waals surface area contributed by atoms with Crippen molar-refractivity contribution >= 4 is 14.3 Å². The standard InChI is InChI=1S/C28H57O5P/c1-5-7-9-11-12-13-14-16-18-20-28(29)33-27(19-17-15-10-8-6-2)21-22-32-23-26(25(3)4)24-34(30)31/h25-27,30-31H,5-24H2,1-4H3. The summed E-state index contributed by atoms with van der Waals surface area (Å²) in [4.78, 5) is 31.1. The van der Waals surface area contributed by atoms with E-state index in [2.05, 4.69) is 27.7 Å². The molecule has 0 heterocycles. The Hall–Kier alpha value is -0.220. The molecule has 0 amide bonds. The molecular weight excluding hydrogens is 447 g/mol. The first-order valence-corrected chi connectivity index (χ1v) is 15.8. The summed E-state index contributed by atoms with van der Waals surface area (Å²) < 4.78 is 11.7. The molecule has 0 radical (unpaired) electrons. The maximum absolute atomic E-state index is 12.4. The summed E-state index contributed by atoms with van der Waals surface area (Å²) in [7, 11) is -1.89. The molecule has 0 aromatic carbocycles. The summed E-state index contributed by atoms with van der Waals surface area (Å²) in [5, 5.41) is 0. The normalized spacial score (nSPS) is 13.5. The van der Waals surface area contributed by atoms with Crippen LogP contribution in [-0.2, 0) is 14.3 Å². The van der Waals surface area contributed by atoms with Gasteiger partial charge in [0, 0.05) is 19.0 Å². The lowest BCUT2D eigenvalue weighted by molar-refractivity contribution is -0.150. The molecule has 2 unspecified atom stereocenters. The highest BCUT2D eigenvalue weighted by molar-refractivity contribution is 7.45. The molecule has 0 rings (SSSR count). The molecule has 5 nitrogen and oxygen atoms in total. The van der Waals surface area contributed by atoms with Gasteiger partial charge in [-0.15, -0.1) is 0 Å². The number of esters is 1. The van der Waals surface area contributed by atoms with E-state index in [9.17, 15) is 14.6 Å². The number of carbonyl (C=O) groups excluding carboxylic acids is 1. The van der Waals surface area contributed by atoms with Crippen molar-refractivity contribution in [1.82, 2.24) is 0 Å². The number of hydrogen-bond acceptors (Lipinski definition) is 5. The highest BCUT2D eigenvalue weighted by Crippen LogP contribution is 2.30. The second kappa shape index (κ2) is 24.5. The fourth-order valence-electron chi connectivity index (χ4n) is 4.18. The van der Waals surface area contributed by atoms with E-state index in [4.69, 9.17) is 9.47 Å². The van der Waals surface area contributed by atoms with Crippen molar-refractivity contribution < 1.29 is 24.1 Å². The lowest BCUT2D eigenvalue weighted by Crippen LogP contribution is -2.23. The monoisotopic (exact) mass is 504 g/mol. The molecule has 2 atom stereocenters. The molecule has 0 saturated carbocycles. The van der Waals surface area contributed by atoms with Crippen LogP contribution < -0.4 is 0 Å². The zero-order chi connectivity index (χ0) is 25.4. The first-order valence-electron chi connectivity index (χ1n) is 14.3. The van der Waals surface area contributed by atoms with Gasteiger partial charge in [0.15, 0.2) is 8.38 Å². The second-order valence-corrected chi connectivity index (χ2v) is 11.4. The van der Waals surface area contributed by atoms with Gasteiger partial charge < -0.3 is 19.3 Å². The zero-order valence-electron chi connectivity index (χ0n) is 22.9. The molecule has 0 spiro atoms. The van der Waals surface area contributed by atoms with E-state index < -0.39 is 8.38 Å². The Bertz CT molecular complexity index is 445. The Morgan fingerprint density at radius 1 is 0.765 bits per heavy atom. The number of unbranched alkanes of at least 4 members (excludes halogenated alkanes) is 12.